The molecule has 4 rings (SSSR count). The van der Waals surface area contributed by atoms with E-state index in [1.807, 2.05) is 30.3 Å². The molecule has 3 aromatic rings. The number of hydrogen-bond acceptors (Lipinski definition) is 4. The molecule has 0 bridgehead atoms. The van der Waals surface area contributed by atoms with Gasteiger partial charge in [-0.3, -0.25) is 14.4 Å². The first-order valence-corrected chi connectivity index (χ1v) is 12.5. The van der Waals surface area contributed by atoms with Crippen molar-refractivity contribution >= 4 is 46.5 Å². The highest BCUT2D eigenvalue weighted by atomic mass is 35.5. The lowest BCUT2D eigenvalue weighted by Gasteiger charge is -2.23. The fourth-order valence-corrected chi connectivity index (χ4v) is 4.43. The normalized spacial score (nSPS) is 12.2. The van der Waals surface area contributed by atoms with Crippen LogP contribution in [0.4, 0.5) is 5.69 Å². The Balaban J connectivity index is 0.000000538. The summed E-state index contributed by atoms with van der Waals surface area (Å²) in [5.41, 5.74) is 2.21. The molecule has 0 aromatic heterocycles. The average Bonchev–Trinajstić information content (AvgIpc) is 2.92. The molecule has 0 heterocycles. The van der Waals surface area contributed by atoms with Gasteiger partial charge in [-0.1, -0.05) is 72.5 Å². The third kappa shape index (κ3) is 5.93. The van der Waals surface area contributed by atoms with Crippen LogP contribution in [0, 0.1) is 0 Å². The topological polar surface area (TPSA) is 63.2 Å². The maximum Gasteiger partial charge on any atom is 0.250 e. The zero-order valence-corrected chi connectivity index (χ0v) is 21.7. The van der Waals surface area contributed by atoms with Crippen LogP contribution in [0.25, 0.3) is 0 Å². The van der Waals surface area contributed by atoms with E-state index in [2.05, 4.69) is 18.5 Å². The Bertz CT molecular complexity index is 1350. The maximum atomic E-state index is 13.4. The van der Waals surface area contributed by atoms with Crippen molar-refractivity contribution in [1.29, 1.82) is 0 Å². The van der Waals surface area contributed by atoms with Gasteiger partial charge in [0.1, 0.15) is 0 Å². The lowest BCUT2D eigenvalue weighted by molar-refractivity contribution is -0.112. The molecule has 1 amide bonds. The minimum atomic E-state index is -0.303. The summed E-state index contributed by atoms with van der Waals surface area (Å²) in [4.78, 5) is 40.9. The van der Waals surface area contributed by atoms with Gasteiger partial charge >= 0.3 is 0 Å². The molecule has 36 heavy (non-hydrogen) atoms. The Morgan fingerprint density at radius 1 is 0.889 bits per heavy atom. The van der Waals surface area contributed by atoms with E-state index in [4.69, 9.17) is 11.6 Å². The number of hydrogen-bond donors (Lipinski definition) is 1. The van der Waals surface area contributed by atoms with Gasteiger partial charge in [-0.25, -0.2) is 0 Å². The Morgan fingerprint density at radius 3 is 1.97 bits per heavy atom. The highest BCUT2D eigenvalue weighted by Crippen LogP contribution is 2.40. The summed E-state index contributed by atoms with van der Waals surface area (Å²) in [7, 11) is 0. The molecular formula is C30H26ClNO3S. The van der Waals surface area contributed by atoms with Crippen LogP contribution >= 0.6 is 23.4 Å². The number of carbonyl (C=O) groups is 3. The molecule has 3 aromatic carbocycles. The van der Waals surface area contributed by atoms with Gasteiger partial charge < -0.3 is 5.32 Å². The van der Waals surface area contributed by atoms with Crippen molar-refractivity contribution in [1.82, 2.24) is 0 Å². The predicted molar refractivity (Wildman–Crippen MR) is 148 cm³/mol. The summed E-state index contributed by atoms with van der Waals surface area (Å²) in [5.74, 6) is -0.774. The monoisotopic (exact) mass is 515 g/mol. The first-order chi connectivity index (χ1) is 17.3. The van der Waals surface area contributed by atoms with Gasteiger partial charge in [0.25, 0.3) is 5.91 Å². The molecule has 0 aliphatic heterocycles. The van der Waals surface area contributed by atoms with Gasteiger partial charge in [-0.05, 0) is 38.1 Å². The number of carbonyl (C=O) groups excluding carboxylic acids is 3. The largest absolute Gasteiger partial charge is 0.322 e. The summed E-state index contributed by atoms with van der Waals surface area (Å²) in [6.45, 7) is 10.3. The number of halogens is 1. The third-order valence-electron chi connectivity index (χ3n) is 5.50. The highest BCUT2D eigenvalue weighted by Gasteiger charge is 2.34. The van der Waals surface area contributed by atoms with E-state index in [-0.39, 0.29) is 28.4 Å². The van der Waals surface area contributed by atoms with Crippen LogP contribution < -0.4 is 5.32 Å². The van der Waals surface area contributed by atoms with E-state index in [0.29, 0.717) is 32.8 Å². The molecule has 4 nitrogen and oxygen atoms in total. The van der Waals surface area contributed by atoms with Crippen LogP contribution in [-0.2, 0) is 4.79 Å². The third-order valence-corrected chi connectivity index (χ3v) is 6.92. The predicted octanol–water partition coefficient (Wildman–Crippen LogP) is 7.48. The number of allylic oxidation sites excluding steroid dienone is 3. The van der Waals surface area contributed by atoms with Gasteiger partial charge in [0.15, 0.2) is 11.6 Å². The summed E-state index contributed by atoms with van der Waals surface area (Å²) < 4.78 is 0. The summed E-state index contributed by atoms with van der Waals surface area (Å²) in [6, 6.07) is 20.0. The van der Waals surface area contributed by atoms with Crippen molar-refractivity contribution in [3.05, 3.63) is 126 Å². The molecule has 1 N–H and O–H groups in total. The van der Waals surface area contributed by atoms with Crippen LogP contribution in [0.15, 0.2) is 113 Å². The maximum absolute atomic E-state index is 13.4. The van der Waals surface area contributed by atoms with Crippen molar-refractivity contribution in [2.24, 2.45) is 0 Å². The smallest absolute Gasteiger partial charge is 0.250 e. The molecule has 0 spiro atoms. The van der Waals surface area contributed by atoms with E-state index < -0.39 is 0 Å². The van der Waals surface area contributed by atoms with Crippen LogP contribution in [0.3, 0.4) is 0 Å². The van der Waals surface area contributed by atoms with Crippen molar-refractivity contribution in [3.8, 4) is 0 Å². The summed E-state index contributed by atoms with van der Waals surface area (Å²) in [6.07, 6.45) is 4.94. The fourth-order valence-electron chi connectivity index (χ4n) is 3.45. The van der Waals surface area contributed by atoms with Crippen LogP contribution in [0.5, 0.6) is 0 Å². The number of benzene rings is 3. The van der Waals surface area contributed by atoms with Gasteiger partial charge in [-0.15, -0.1) is 24.8 Å². The number of nitrogens with one attached hydrogen (secondary N) is 1. The molecule has 0 saturated heterocycles. The second-order valence-corrected chi connectivity index (χ2v) is 9.44. The number of alkyl halides is 1. The number of fused-ring (bicyclic) bond motifs is 2. The molecule has 0 radical (unpaired) electrons. The molecular weight excluding hydrogens is 490 g/mol. The molecule has 6 heteroatoms. The Hall–Kier alpha value is -3.67. The molecule has 0 unspecified atom stereocenters. The van der Waals surface area contributed by atoms with Crippen molar-refractivity contribution in [3.63, 3.8) is 0 Å². The Kier molecular flexibility index (Phi) is 9.23. The zero-order valence-electron chi connectivity index (χ0n) is 20.1. The first kappa shape index (κ1) is 26.9. The SMILES string of the molecule is C/C=C(\C)C(=O)Nc1ccc(Sc2ccccc2)c2c1C(=O)c1ccccc1C2=O.C=CC(Cl)C=C. The minimum absolute atomic E-state index is 0.0648. The molecule has 0 fully saturated rings. The van der Waals surface area contributed by atoms with Crippen LogP contribution in [0.2, 0.25) is 0 Å². The average molecular weight is 516 g/mol. The summed E-state index contributed by atoms with van der Waals surface area (Å²) in [5, 5.41) is 2.74. The second kappa shape index (κ2) is 12.3. The molecule has 1 aliphatic rings. The highest BCUT2D eigenvalue weighted by molar-refractivity contribution is 7.99. The lowest BCUT2D eigenvalue weighted by Crippen LogP contribution is -2.25. The second-order valence-electron chi connectivity index (χ2n) is 7.82. The Labute approximate surface area is 220 Å². The quantitative estimate of drug-likeness (QED) is 0.164. The minimum Gasteiger partial charge on any atom is -0.322 e. The number of rotatable bonds is 6. The lowest BCUT2D eigenvalue weighted by atomic mass is 9.83. The van der Waals surface area contributed by atoms with E-state index in [0.717, 1.165) is 4.90 Å². The van der Waals surface area contributed by atoms with Crippen LogP contribution in [0.1, 0.15) is 45.7 Å². The van der Waals surface area contributed by atoms with Gasteiger partial charge in [0.2, 0.25) is 0 Å². The number of ketones is 2. The van der Waals surface area contributed by atoms with Crippen molar-refractivity contribution in [2.45, 2.75) is 29.0 Å². The molecule has 0 atom stereocenters. The number of anilines is 1. The van der Waals surface area contributed by atoms with Gasteiger partial charge in [0, 0.05) is 32.1 Å². The summed E-state index contributed by atoms with van der Waals surface area (Å²) >= 11 is 6.84. The van der Waals surface area contributed by atoms with Gasteiger partial charge in [0.05, 0.1) is 16.6 Å². The van der Waals surface area contributed by atoms with E-state index in [1.165, 1.54) is 11.8 Å². The first-order valence-electron chi connectivity index (χ1n) is 11.2. The standard InChI is InChI=1S/C25H19NO3S.C5H7Cl/c1-3-15(2)25(29)26-19-13-14-20(30-16-9-5-4-6-10-16)22-21(19)23(27)17-11-7-8-12-18(17)24(22)28;1-3-5(6)4-2/h3-14H,1-2H3,(H,26,29);3-5H,1-2H2/b15-3+;. The van der Waals surface area contributed by atoms with E-state index >= 15 is 0 Å². The fraction of sp³-hybridized carbons (Fsp3) is 0.100. The van der Waals surface area contributed by atoms with Crippen LogP contribution in [-0.4, -0.2) is 22.9 Å². The number of amides is 1. The van der Waals surface area contributed by atoms with E-state index in [1.54, 1.807) is 68.5 Å². The van der Waals surface area contributed by atoms with Crippen molar-refractivity contribution < 1.29 is 14.4 Å². The van der Waals surface area contributed by atoms with Gasteiger partial charge in [-0.2, -0.15) is 0 Å². The molecule has 182 valence electrons. The Morgan fingerprint density at radius 2 is 1.44 bits per heavy atom. The molecule has 1 aliphatic carbocycles. The zero-order chi connectivity index (χ0) is 26.2. The van der Waals surface area contributed by atoms with Crippen molar-refractivity contribution in [2.75, 3.05) is 5.32 Å². The molecule has 0 saturated carbocycles. The van der Waals surface area contributed by atoms with E-state index in [9.17, 15) is 14.4 Å².